The highest BCUT2D eigenvalue weighted by atomic mass is 19.1. The number of aryl methyl sites for hydroxylation is 1. The highest BCUT2D eigenvalue weighted by Gasteiger charge is 2.08. The van der Waals surface area contributed by atoms with E-state index in [9.17, 15) is 4.39 Å². The molecule has 2 N–H and O–H groups in total. The van der Waals surface area contributed by atoms with Gasteiger partial charge in [0.05, 0.1) is 11.4 Å². The number of pyridine rings is 3. The van der Waals surface area contributed by atoms with Gasteiger partial charge < -0.3 is 5.32 Å². The summed E-state index contributed by atoms with van der Waals surface area (Å²) in [6.07, 6.45) is 7.08. The fourth-order valence-corrected chi connectivity index (χ4v) is 3.57. The average Bonchev–Trinajstić information content (AvgIpc) is 2.81. The number of aromatic nitrogens is 3. The van der Waals surface area contributed by atoms with Crippen molar-refractivity contribution in [2.45, 2.75) is 13.8 Å². The van der Waals surface area contributed by atoms with Gasteiger partial charge in [-0.2, -0.15) is 0 Å². The van der Waals surface area contributed by atoms with E-state index in [1.165, 1.54) is 12.1 Å². The van der Waals surface area contributed by atoms with E-state index in [0.717, 1.165) is 38.7 Å². The molecule has 5 nitrogen and oxygen atoms in total. The van der Waals surface area contributed by atoms with Crippen LogP contribution in [0.3, 0.4) is 0 Å². The van der Waals surface area contributed by atoms with Gasteiger partial charge in [0, 0.05) is 47.3 Å². The molecule has 0 saturated heterocycles. The molecule has 33 heavy (non-hydrogen) atoms. The molecule has 0 unspecified atom stereocenters. The lowest BCUT2D eigenvalue weighted by atomic mass is 10.0. The summed E-state index contributed by atoms with van der Waals surface area (Å²) in [4.78, 5) is 13.1. The standard InChI is InChI=1S/C27H24FN5/c1-17(11-18(2)26(29)22-8-9-30-19(3)12-22)15-33-27-24-16-32-25(14-20(24)7-10-31-27)21-5-4-6-23(28)13-21/h4-14,16,29H,1,15H2,2-3H3,(H,31,33)/b18-11-,29-26?. The summed E-state index contributed by atoms with van der Waals surface area (Å²) >= 11 is 0. The molecule has 4 rings (SSSR count). The third kappa shape index (κ3) is 5.18. The van der Waals surface area contributed by atoms with E-state index in [-0.39, 0.29) is 5.82 Å². The number of hydrogen-bond donors (Lipinski definition) is 2. The van der Waals surface area contributed by atoms with Gasteiger partial charge in [0.2, 0.25) is 0 Å². The van der Waals surface area contributed by atoms with Gasteiger partial charge in [-0.15, -0.1) is 0 Å². The van der Waals surface area contributed by atoms with Gasteiger partial charge in [0.1, 0.15) is 11.6 Å². The zero-order chi connectivity index (χ0) is 23.4. The summed E-state index contributed by atoms with van der Waals surface area (Å²) in [6, 6.07) is 13.9. The fraction of sp³-hybridized carbons (Fsp3) is 0.111. The predicted molar refractivity (Wildman–Crippen MR) is 132 cm³/mol. The Labute approximate surface area is 192 Å². The molecule has 3 heterocycles. The van der Waals surface area contributed by atoms with Gasteiger partial charge in [-0.3, -0.25) is 15.4 Å². The van der Waals surface area contributed by atoms with Crippen LogP contribution in [-0.4, -0.2) is 27.2 Å². The van der Waals surface area contributed by atoms with Crippen LogP contribution in [0.2, 0.25) is 0 Å². The Morgan fingerprint density at radius 2 is 1.91 bits per heavy atom. The van der Waals surface area contributed by atoms with Crippen LogP contribution in [0, 0.1) is 18.2 Å². The molecule has 3 aromatic heterocycles. The molecule has 1 aromatic carbocycles. The SMILES string of the molecule is C=C(/C=C(/C)C(=N)c1ccnc(C)c1)CNc1nccc2cc(-c3cccc(F)c3)ncc12. The van der Waals surface area contributed by atoms with Gasteiger partial charge in [0.15, 0.2) is 0 Å². The number of hydrogen-bond acceptors (Lipinski definition) is 5. The van der Waals surface area contributed by atoms with E-state index in [1.807, 2.05) is 50.3 Å². The Bertz CT molecular complexity index is 1390. The molecule has 0 radical (unpaired) electrons. The van der Waals surface area contributed by atoms with Crippen molar-refractivity contribution in [3.05, 3.63) is 108 Å². The van der Waals surface area contributed by atoms with Crippen molar-refractivity contribution < 1.29 is 4.39 Å². The smallest absolute Gasteiger partial charge is 0.135 e. The molecule has 0 atom stereocenters. The summed E-state index contributed by atoms with van der Waals surface area (Å²) in [5, 5.41) is 13.6. The Balaban J connectivity index is 1.49. The maximum Gasteiger partial charge on any atom is 0.135 e. The molecule has 0 aliphatic heterocycles. The normalized spacial score (nSPS) is 11.4. The minimum absolute atomic E-state index is 0.291. The van der Waals surface area contributed by atoms with Crippen LogP contribution in [0.15, 0.2) is 90.9 Å². The molecule has 0 amide bonds. The summed E-state index contributed by atoms with van der Waals surface area (Å²) < 4.78 is 13.6. The molecule has 0 saturated carbocycles. The lowest BCUT2D eigenvalue weighted by molar-refractivity contribution is 0.628. The van der Waals surface area contributed by atoms with Crippen molar-refractivity contribution in [3.8, 4) is 11.3 Å². The Morgan fingerprint density at radius 1 is 1.09 bits per heavy atom. The maximum atomic E-state index is 13.6. The van der Waals surface area contributed by atoms with Crippen LogP contribution in [-0.2, 0) is 0 Å². The minimum Gasteiger partial charge on any atom is -0.365 e. The van der Waals surface area contributed by atoms with Crippen LogP contribution < -0.4 is 5.32 Å². The molecule has 0 aliphatic carbocycles. The fourth-order valence-electron chi connectivity index (χ4n) is 3.57. The molecular weight excluding hydrogens is 413 g/mol. The lowest BCUT2D eigenvalue weighted by Crippen LogP contribution is -2.07. The van der Waals surface area contributed by atoms with Crippen LogP contribution in [0.4, 0.5) is 10.2 Å². The Kier molecular flexibility index (Phi) is 6.36. The number of halogens is 1. The van der Waals surface area contributed by atoms with Crippen molar-refractivity contribution in [1.82, 2.24) is 15.0 Å². The number of benzene rings is 1. The van der Waals surface area contributed by atoms with Crippen LogP contribution >= 0.6 is 0 Å². The van der Waals surface area contributed by atoms with Gasteiger partial charge in [-0.1, -0.05) is 24.8 Å². The predicted octanol–water partition coefficient (Wildman–Crippen LogP) is 6.12. The first-order valence-corrected chi connectivity index (χ1v) is 10.5. The first kappa shape index (κ1) is 22.0. The second-order valence-corrected chi connectivity index (χ2v) is 7.86. The molecule has 0 bridgehead atoms. The Morgan fingerprint density at radius 3 is 2.70 bits per heavy atom. The second-order valence-electron chi connectivity index (χ2n) is 7.86. The van der Waals surface area contributed by atoms with Gasteiger partial charge >= 0.3 is 0 Å². The van der Waals surface area contributed by atoms with Crippen molar-refractivity contribution in [2.75, 3.05) is 11.9 Å². The van der Waals surface area contributed by atoms with E-state index in [0.29, 0.717) is 23.8 Å². The molecule has 164 valence electrons. The minimum atomic E-state index is -0.291. The molecular formula is C27H24FN5. The number of nitrogens with one attached hydrogen (secondary N) is 2. The van der Waals surface area contributed by atoms with Crippen molar-refractivity contribution in [2.24, 2.45) is 0 Å². The number of allylic oxidation sites excluding steroid dienone is 1. The molecule has 4 aromatic rings. The first-order chi connectivity index (χ1) is 15.9. The summed E-state index contributed by atoms with van der Waals surface area (Å²) in [5.74, 6) is 0.401. The van der Waals surface area contributed by atoms with Crippen molar-refractivity contribution >= 4 is 22.3 Å². The quantitative estimate of drug-likeness (QED) is 0.270. The van der Waals surface area contributed by atoms with E-state index < -0.39 is 0 Å². The maximum absolute atomic E-state index is 13.6. The van der Waals surface area contributed by atoms with E-state index in [4.69, 9.17) is 5.41 Å². The van der Waals surface area contributed by atoms with Crippen molar-refractivity contribution in [1.29, 1.82) is 5.41 Å². The highest BCUT2D eigenvalue weighted by Crippen LogP contribution is 2.26. The van der Waals surface area contributed by atoms with E-state index >= 15 is 0 Å². The molecule has 0 aliphatic rings. The summed E-state index contributed by atoms with van der Waals surface area (Å²) in [6.45, 7) is 8.40. The topological polar surface area (TPSA) is 74.6 Å². The van der Waals surface area contributed by atoms with Crippen LogP contribution in [0.1, 0.15) is 18.2 Å². The van der Waals surface area contributed by atoms with E-state index in [1.54, 1.807) is 24.7 Å². The zero-order valence-electron chi connectivity index (χ0n) is 18.6. The lowest BCUT2D eigenvalue weighted by Gasteiger charge is -2.11. The van der Waals surface area contributed by atoms with Crippen LogP contribution in [0.5, 0.6) is 0 Å². The number of rotatable bonds is 7. The zero-order valence-corrected chi connectivity index (χ0v) is 18.6. The largest absolute Gasteiger partial charge is 0.365 e. The second kappa shape index (κ2) is 9.53. The molecule has 6 heteroatoms. The molecule has 0 spiro atoms. The monoisotopic (exact) mass is 437 g/mol. The average molecular weight is 438 g/mol. The van der Waals surface area contributed by atoms with Gasteiger partial charge in [-0.05, 0) is 66.8 Å². The number of fused-ring (bicyclic) bond motifs is 1. The van der Waals surface area contributed by atoms with Crippen LogP contribution in [0.25, 0.3) is 22.0 Å². The summed E-state index contributed by atoms with van der Waals surface area (Å²) in [7, 11) is 0. The van der Waals surface area contributed by atoms with Crippen molar-refractivity contribution in [3.63, 3.8) is 0 Å². The third-order valence-electron chi connectivity index (χ3n) is 5.25. The highest BCUT2D eigenvalue weighted by molar-refractivity contribution is 6.10. The van der Waals surface area contributed by atoms with Gasteiger partial charge in [0.25, 0.3) is 0 Å². The number of anilines is 1. The van der Waals surface area contributed by atoms with Gasteiger partial charge in [-0.25, -0.2) is 9.37 Å². The summed E-state index contributed by atoms with van der Waals surface area (Å²) in [5.41, 5.74) is 5.22. The van der Waals surface area contributed by atoms with E-state index in [2.05, 4.69) is 26.8 Å². The first-order valence-electron chi connectivity index (χ1n) is 10.5. The molecule has 0 fully saturated rings. The Hall–Kier alpha value is -4.19. The third-order valence-corrected chi connectivity index (χ3v) is 5.25. The number of nitrogens with zero attached hydrogens (tertiary/aromatic N) is 3.